The summed E-state index contributed by atoms with van der Waals surface area (Å²) in [5.41, 5.74) is 2.35. The van der Waals surface area contributed by atoms with Gasteiger partial charge >= 0.3 is 5.97 Å². The molecule has 3 rings (SSSR count). The van der Waals surface area contributed by atoms with Crippen molar-refractivity contribution in [2.24, 2.45) is 0 Å². The molecule has 0 saturated heterocycles. The molecular weight excluding hydrogens is 449 g/mol. The predicted octanol–water partition coefficient (Wildman–Crippen LogP) is 3.47. The van der Waals surface area contributed by atoms with Gasteiger partial charge in [0.25, 0.3) is 5.91 Å². The number of hydrogen-bond donors (Lipinski definition) is 1. The third kappa shape index (κ3) is 6.33. The Morgan fingerprint density at radius 3 is 2.46 bits per heavy atom. The van der Waals surface area contributed by atoms with Crippen molar-refractivity contribution in [2.75, 3.05) is 33.8 Å². The highest BCUT2D eigenvalue weighted by molar-refractivity contribution is 5.96. The van der Waals surface area contributed by atoms with Gasteiger partial charge in [-0.2, -0.15) is 0 Å². The molecule has 2 amide bonds. The SMILES string of the molecule is CCOC(=O)C1=C(C)N(Cc2ccc(C(=O)NCCN(C)C)cc2)C(=O)CC1c1ccccc1F. The van der Waals surface area contributed by atoms with E-state index in [9.17, 15) is 18.8 Å². The third-order valence-corrected chi connectivity index (χ3v) is 6.00. The van der Waals surface area contributed by atoms with Crippen LogP contribution in [0.3, 0.4) is 0 Å². The second-order valence-corrected chi connectivity index (χ2v) is 8.73. The number of nitrogens with one attached hydrogen (secondary N) is 1. The first kappa shape index (κ1) is 26.1. The summed E-state index contributed by atoms with van der Waals surface area (Å²) in [6, 6.07) is 13.2. The summed E-state index contributed by atoms with van der Waals surface area (Å²) in [6.07, 6.45) is -0.0429. The molecule has 1 aliphatic rings. The topological polar surface area (TPSA) is 79.0 Å². The minimum atomic E-state index is -0.716. The Bertz CT molecular complexity index is 1110. The highest BCUT2D eigenvalue weighted by Crippen LogP contribution is 2.38. The first-order valence-corrected chi connectivity index (χ1v) is 11.7. The number of carbonyl (C=O) groups excluding carboxylic acids is 3. The van der Waals surface area contributed by atoms with E-state index < -0.39 is 17.7 Å². The van der Waals surface area contributed by atoms with Crippen LogP contribution in [0.2, 0.25) is 0 Å². The van der Waals surface area contributed by atoms with Crippen LogP contribution < -0.4 is 5.32 Å². The van der Waals surface area contributed by atoms with E-state index in [1.54, 1.807) is 56.3 Å². The number of ether oxygens (including phenoxy) is 1. The van der Waals surface area contributed by atoms with Crippen LogP contribution in [0.25, 0.3) is 0 Å². The Morgan fingerprint density at radius 1 is 1.14 bits per heavy atom. The van der Waals surface area contributed by atoms with Crippen LogP contribution in [0, 0.1) is 5.82 Å². The van der Waals surface area contributed by atoms with Gasteiger partial charge in [0.05, 0.1) is 18.7 Å². The first-order valence-electron chi connectivity index (χ1n) is 11.7. The fourth-order valence-electron chi connectivity index (χ4n) is 4.14. The average molecular weight is 482 g/mol. The number of allylic oxidation sites excluding steroid dienone is 1. The second-order valence-electron chi connectivity index (χ2n) is 8.73. The second kappa shape index (κ2) is 11.8. The molecule has 0 fully saturated rings. The van der Waals surface area contributed by atoms with Crippen molar-refractivity contribution < 1.29 is 23.5 Å². The standard InChI is InChI=1S/C27H32FN3O4/c1-5-35-27(34)25-18(2)31(24(32)16-22(25)21-8-6-7-9-23(21)28)17-19-10-12-20(13-11-19)26(33)29-14-15-30(3)4/h6-13,22H,5,14-17H2,1-4H3,(H,29,33). The van der Waals surface area contributed by atoms with Gasteiger partial charge in [-0.05, 0) is 57.3 Å². The van der Waals surface area contributed by atoms with Crippen LogP contribution in [0.5, 0.6) is 0 Å². The number of rotatable bonds is 9. The molecule has 1 heterocycles. The van der Waals surface area contributed by atoms with Gasteiger partial charge in [0.2, 0.25) is 5.91 Å². The van der Waals surface area contributed by atoms with E-state index in [1.165, 1.54) is 11.0 Å². The summed E-state index contributed by atoms with van der Waals surface area (Å²) in [5.74, 6) is -2.12. The molecule has 0 saturated carbocycles. The van der Waals surface area contributed by atoms with Crippen LogP contribution in [0.15, 0.2) is 59.8 Å². The fourth-order valence-corrected chi connectivity index (χ4v) is 4.14. The Morgan fingerprint density at radius 2 is 1.83 bits per heavy atom. The Balaban J connectivity index is 1.84. The summed E-state index contributed by atoms with van der Waals surface area (Å²) in [6.45, 7) is 5.06. The lowest BCUT2D eigenvalue weighted by molar-refractivity contribution is -0.140. The molecule has 1 unspecified atom stereocenters. The zero-order valence-corrected chi connectivity index (χ0v) is 20.6. The van der Waals surface area contributed by atoms with E-state index >= 15 is 0 Å². The number of halogens is 1. The lowest BCUT2D eigenvalue weighted by Gasteiger charge is -2.34. The number of benzene rings is 2. The Hall–Kier alpha value is -3.52. The maximum absolute atomic E-state index is 14.6. The Labute approximate surface area is 205 Å². The monoisotopic (exact) mass is 481 g/mol. The van der Waals surface area contributed by atoms with Crippen molar-refractivity contribution in [3.63, 3.8) is 0 Å². The lowest BCUT2D eigenvalue weighted by atomic mass is 9.83. The minimum absolute atomic E-state index is 0.0429. The van der Waals surface area contributed by atoms with Gasteiger partial charge in [-0.25, -0.2) is 9.18 Å². The lowest BCUT2D eigenvalue weighted by Crippen LogP contribution is -2.38. The molecule has 2 aromatic carbocycles. The van der Waals surface area contributed by atoms with Crippen LogP contribution >= 0.6 is 0 Å². The highest BCUT2D eigenvalue weighted by Gasteiger charge is 2.37. The summed E-state index contributed by atoms with van der Waals surface area (Å²) >= 11 is 0. The molecule has 0 aliphatic carbocycles. The molecule has 7 nitrogen and oxygen atoms in total. The normalized spacial score (nSPS) is 16.0. The molecule has 2 aromatic rings. The fraction of sp³-hybridized carbons (Fsp3) is 0.370. The van der Waals surface area contributed by atoms with Crippen LogP contribution in [0.4, 0.5) is 4.39 Å². The van der Waals surface area contributed by atoms with Gasteiger partial charge < -0.3 is 19.9 Å². The molecule has 0 aromatic heterocycles. The van der Waals surface area contributed by atoms with Gasteiger partial charge in [-0.15, -0.1) is 0 Å². The summed E-state index contributed by atoms with van der Waals surface area (Å²) in [7, 11) is 3.87. The number of carbonyl (C=O) groups is 3. The van der Waals surface area contributed by atoms with Crippen LogP contribution in [-0.4, -0.2) is 61.4 Å². The van der Waals surface area contributed by atoms with Gasteiger partial charge in [0.1, 0.15) is 5.82 Å². The largest absolute Gasteiger partial charge is 0.463 e. The minimum Gasteiger partial charge on any atom is -0.463 e. The maximum atomic E-state index is 14.6. The molecule has 1 aliphatic heterocycles. The zero-order chi connectivity index (χ0) is 25.5. The van der Waals surface area contributed by atoms with Crippen molar-refractivity contribution in [3.05, 3.63) is 82.3 Å². The predicted molar refractivity (Wildman–Crippen MR) is 131 cm³/mol. The van der Waals surface area contributed by atoms with E-state index in [0.29, 0.717) is 23.4 Å². The molecular formula is C27H32FN3O4. The smallest absolute Gasteiger partial charge is 0.336 e. The third-order valence-electron chi connectivity index (χ3n) is 6.00. The van der Waals surface area contributed by atoms with Gasteiger partial charge in [0, 0.05) is 36.7 Å². The van der Waals surface area contributed by atoms with Crippen LogP contribution in [-0.2, 0) is 20.9 Å². The quantitative estimate of drug-likeness (QED) is 0.555. The average Bonchev–Trinajstić information content (AvgIpc) is 2.82. The van der Waals surface area contributed by atoms with E-state index in [2.05, 4.69) is 5.32 Å². The number of nitrogens with zero attached hydrogens (tertiary/aromatic N) is 2. The van der Waals surface area contributed by atoms with Crippen LogP contribution in [0.1, 0.15) is 47.7 Å². The van der Waals surface area contributed by atoms with E-state index in [4.69, 9.17) is 4.74 Å². The van der Waals surface area contributed by atoms with Gasteiger partial charge in [-0.1, -0.05) is 30.3 Å². The van der Waals surface area contributed by atoms with E-state index in [1.807, 2.05) is 19.0 Å². The van der Waals surface area contributed by atoms with Gasteiger partial charge in [0.15, 0.2) is 0 Å². The zero-order valence-electron chi connectivity index (χ0n) is 20.6. The molecule has 186 valence electrons. The number of amides is 2. The molecule has 1 atom stereocenters. The number of hydrogen-bond acceptors (Lipinski definition) is 5. The van der Waals surface area contributed by atoms with Gasteiger partial charge in [-0.3, -0.25) is 9.59 Å². The van der Waals surface area contributed by atoms with Crippen molar-refractivity contribution in [1.29, 1.82) is 0 Å². The van der Waals surface area contributed by atoms with E-state index in [0.717, 1.165) is 12.1 Å². The molecule has 0 radical (unpaired) electrons. The van der Waals surface area contributed by atoms with Crippen molar-refractivity contribution in [1.82, 2.24) is 15.1 Å². The molecule has 0 spiro atoms. The molecule has 1 N–H and O–H groups in total. The first-order chi connectivity index (χ1) is 16.7. The van der Waals surface area contributed by atoms with Crippen molar-refractivity contribution in [2.45, 2.75) is 32.7 Å². The number of esters is 1. The summed E-state index contributed by atoms with van der Waals surface area (Å²) in [4.78, 5) is 41.8. The highest BCUT2D eigenvalue weighted by atomic mass is 19.1. The van der Waals surface area contributed by atoms with Crippen molar-refractivity contribution in [3.8, 4) is 0 Å². The summed E-state index contributed by atoms with van der Waals surface area (Å²) < 4.78 is 19.8. The molecule has 35 heavy (non-hydrogen) atoms. The summed E-state index contributed by atoms with van der Waals surface area (Å²) in [5, 5.41) is 2.87. The number of likely N-dealkylation sites (N-methyl/N-ethyl adjacent to an activating group) is 1. The molecule has 8 heteroatoms. The molecule has 0 bridgehead atoms. The Kier molecular flexibility index (Phi) is 8.76. The maximum Gasteiger partial charge on any atom is 0.336 e. The van der Waals surface area contributed by atoms with E-state index in [-0.39, 0.29) is 37.0 Å². The van der Waals surface area contributed by atoms with Crippen molar-refractivity contribution >= 4 is 17.8 Å².